The summed E-state index contributed by atoms with van der Waals surface area (Å²) < 4.78 is 0. The number of piperazine rings is 1. The van der Waals surface area contributed by atoms with Crippen LogP contribution in [0.15, 0.2) is 35.9 Å². The Kier molecular flexibility index (Phi) is 6.53. The lowest BCUT2D eigenvalue weighted by Crippen LogP contribution is -2.58. The Labute approximate surface area is 163 Å². The fourth-order valence-electron chi connectivity index (χ4n) is 3.00. The zero-order valence-corrected chi connectivity index (χ0v) is 16.0. The number of carbonyl (C=O) groups is 2. The molecule has 1 heterocycles. The van der Waals surface area contributed by atoms with Gasteiger partial charge in [-0.25, -0.2) is 0 Å². The first-order valence-electron chi connectivity index (χ1n) is 8.86. The molecule has 150 valence electrons. The molecule has 0 aliphatic carbocycles. The van der Waals surface area contributed by atoms with Crippen molar-refractivity contribution in [2.45, 2.75) is 19.4 Å². The van der Waals surface area contributed by atoms with Gasteiger partial charge in [0, 0.05) is 43.8 Å². The highest BCUT2D eigenvalue weighted by Gasteiger charge is 2.36. The van der Waals surface area contributed by atoms with Gasteiger partial charge in [-0.3, -0.25) is 19.9 Å². The highest BCUT2D eigenvalue weighted by molar-refractivity contribution is 6.25. The third-order valence-corrected chi connectivity index (χ3v) is 4.88. The summed E-state index contributed by atoms with van der Waals surface area (Å²) in [6.07, 6.45) is 2.08. The highest BCUT2D eigenvalue weighted by atomic mass is 16.4. The Hall–Kier alpha value is -3.20. The normalized spacial score (nSPS) is 15.8. The number of primary amides is 1. The quantitative estimate of drug-likeness (QED) is 0.270. The van der Waals surface area contributed by atoms with E-state index < -0.39 is 17.4 Å². The standard InChI is InChI=1S/C19H26N6O3/c1-19(2,18(27)28)25-11-9-24(10-12-25)14-5-3-13(4-6-14)23-16(21)15(7-8-20)17(22)26/h3-8,20H,9-12H2,1-2H3,(H2,21,23)(H2,22,26)(H,27,28)/b15-7-,20-8?. The van der Waals surface area contributed by atoms with Crippen molar-refractivity contribution >= 4 is 35.3 Å². The van der Waals surface area contributed by atoms with Crippen molar-refractivity contribution in [3.8, 4) is 0 Å². The summed E-state index contributed by atoms with van der Waals surface area (Å²) in [6, 6.07) is 7.39. The molecule has 28 heavy (non-hydrogen) atoms. The lowest BCUT2D eigenvalue weighted by molar-refractivity contribution is -0.149. The lowest BCUT2D eigenvalue weighted by atomic mass is 10.0. The lowest BCUT2D eigenvalue weighted by Gasteiger charge is -2.42. The van der Waals surface area contributed by atoms with Crippen molar-refractivity contribution in [3.05, 3.63) is 35.9 Å². The Morgan fingerprint density at radius 2 is 1.75 bits per heavy atom. The maximum Gasteiger partial charge on any atom is 0.323 e. The number of hydrogen-bond acceptors (Lipinski definition) is 6. The molecule has 0 bridgehead atoms. The molecule has 0 spiro atoms. The number of allylic oxidation sites excluding steroid dienone is 1. The molecule has 0 unspecified atom stereocenters. The van der Waals surface area contributed by atoms with E-state index in [1.54, 1.807) is 26.0 Å². The average molecular weight is 386 g/mol. The molecular formula is C19H26N6O3. The smallest absolute Gasteiger partial charge is 0.323 e. The molecule has 0 aromatic heterocycles. The van der Waals surface area contributed by atoms with Gasteiger partial charge < -0.3 is 26.5 Å². The van der Waals surface area contributed by atoms with Crippen molar-refractivity contribution in [3.63, 3.8) is 0 Å². The van der Waals surface area contributed by atoms with Gasteiger partial charge in [-0.05, 0) is 44.2 Å². The van der Waals surface area contributed by atoms with Crippen LogP contribution in [0, 0.1) is 10.8 Å². The molecule has 1 aliphatic heterocycles. The first-order valence-corrected chi connectivity index (χ1v) is 8.86. The second-order valence-electron chi connectivity index (χ2n) is 7.00. The number of carboxylic acids is 1. The summed E-state index contributed by atoms with van der Waals surface area (Å²) >= 11 is 0. The molecular weight excluding hydrogens is 360 g/mol. The van der Waals surface area contributed by atoms with Crippen LogP contribution in [0.2, 0.25) is 0 Å². The van der Waals surface area contributed by atoms with Crippen LogP contribution < -0.4 is 16.0 Å². The molecule has 9 nitrogen and oxygen atoms in total. The fourth-order valence-corrected chi connectivity index (χ4v) is 3.00. The van der Waals surface area contributed by atoms with E-state index >= 15 is 0 Å². The minimum absolute atomic E-state index is 0.0729. The number of nitrogens with two attached hydrogens (primary N) is 1. The Bertz CT molecular complexity index is 792. The Morgan fingerprint density at radius 3 is 2.21 bits per heavy atom. The van der Waals surface area contributed by atoms with Crippen LogP contribution in [0.4, 0.5) is 11.4 Å². The van der Waals surface area contributed by atoms with Gasteiger partial charge in [0.2, 0.25) is 0 Å². The van der Waals surface area contributed by atoms with Crippen LogP contribution in [-0.4, -0.2) is 65.7 Å². The number of nitrogens with one attached hydrogen (secondary N) is 3. The van der Waals surface area contributed by atoms with Crippen molar-refractivity contribution in [1.29, 1.82) is 10.8 Å². The van der Waals surface area contributed by atoms with Crippen molar-refractivity contribution < 1.29 is 14.7 Å². The summed E-state index contributed by atoms with van der Waals surface area (Å²) in [5.74, 6) is -1.78. The molecule has 1 fully saturated rings. The first kappa shape index (κ1) is 21.1. The number of nitrogens with zero attached hydrogens (tertiary/aromatic N) is 2. The number of amidine groups is 1. The summed E-state index contributed by atoms with van der Waals surface area (Å²) in [5, 5.41) is 27.1. The van der Waals surface area contributed by atoms with E-state index in [2.05, 4.69) is 10.2 Å². The first-order chi connectivity index (χ1) is 13.2. The van der Waals surface area contributed by atoms with E-state index in [1.165, 1.54) is 6.08 Å². The van der Waals surface area contributed by atoms with E-state index in [1.807, 2.05) is 17.0 Å². The molecule has 1 aliphatic rings. The van der Waals surface area contributed by atoms with Gasteiger partial charge in [-0.1, -0.05) is 0 Å². The number of amides is 1. The zero-order chi connectivity index (χ0) is 20.9. The summed E-state index contributed by atoms with van der Waals surface area (Å²) in [4.78, 5) is 26.9. The summed E-state index contributed by atoms with van der Waals surface area (Å²) in [6.45, 7) is 6.17. The van der Waals surface area contributed by atoms with E-state index in [0.29, 0.717) is 31.9 Å². The zero-order valence-electron chi connectivity index (χ0n) is 16.0. The van der Waals surface area contributed by atoms with E-state index in [4.69, 9.17) is 16.6 Å². The number of anilines is 2. The van der Waals surface area contributed by atoms with E-state index in [0.717, 1.165) is 11.9 Å². The van der Waals surface area contributed by atoms with Crippen LogP contribution in [0.25, 0.3) is 0 Å². The predicted octanol–water partition coefficient (Wildman–Crippen LogP) is 1.12. The molecule has 1 amide bonds. The summed E-state index contributed by atoms with van der Waals surface area (Å²) in [7, 11) is 0. The predicted molar refractivity (Wildman–Crippen MR) is 109 cm³/mol. The average Bonchev–Trinajstić information content (AvgIpc) is 2.66. The monoisotopic (exact) mass is 386 g/mol. The van der Waals surface area contributed by atoms with E-state index in [9.17, 15) is 14.7 Å². The van der Waals surface area contributed by atoms with Gasteiger partial charge in [0.05, 0.1) is 5.57 Å². The molecule has 2 rings (SSSR count). The summed E-state index contributed by atoms with van der Waals surface area (Å²) in [5.41, 5.74) is 5.88. The van der Waals surface area contributed by atoms with Gasteiger partial charge in [-0.15, -0.1) is 0 Å². The van der Waals surface area contributed by atoms with Crippen LogP contribution >= 0.6 is 0 Å². The maximum absolute atomic E-state index is 11.4. The Balaban J connectivity index is 1.99. The van der Waals surface area contributed by atoms with Crippen molar-refractivity contribution in [2.24, 2.45) is 5.73 Å². The second-order valence-corrected chi connectivity index (χ2v) is 7.00. The third kappa shape index (κ3) is 4.74. The van der Waals surface area contributed by atoms with Crippen LogP contribution in [0.3, 0.4) is 0 Å². The third-order valence-electron chi connectivity index (χ3n) is 4.88. The van der Waals surface area contributed by atoms with Gasteiger partial charge in [0.25, 0.3) is 5.91 Å². The SMILES string of the molecule is CC(C)(C(=O)O)N1CCN(c2ccc(NC(=N)/C(=C/C=N)C(N)=O)cc2)CC1. The molecule has 1 aromatic rings. The molecule has 1 aromatic carbocycles. The second kappa shape index (κ2) is 8.66. The Morgan fingerprint density at radius 1 is 1.18 bits per heavy atom. The van der Waals surface area contributed by atoms with Gasteiger partial charge >= 0.3 is 5.97 Å². The molecule has 6 N–H and O–H groups in total. The number of hydrogen-bond donors (Lipinski definition) is 5. The van der Waals surface area contributed by atoms with Crippen LogP contribution in [0.1, 0.15) is 13.8 Å². The van der Waals surface area contributed by atoms with Gasteiger partial charge in [-0.2, -0.15) is 0 Å². The molecule has 1 saturated heterocycles. The minimum atomic E-state index is -0.887. The molecule has 0 atom stereocenters. The van der Waals surface area contributed by atoms with Gasteiger partial charge in [0.15, 0.2) is 0 Å². The van der Waals surface area contributed by atoms with Crippen LogP contribution in [-0.2, 0) is 9.59 Å². The number of carboxylic acid groups (broad SMARTS) is 1. The molecule has 0 radical (unpaired) electrons. The number of benzene rings is 1. The van der Waals surface area contributed by atoms with Crippen molar-refractivity contribution in [1.82, 2.24) is 4.90 Å². The fraction of sp³-hybridized carbons (Fsp3) is 0.368. The van der Waals surface area contributed by atoms with Crippen molar-refractivity contribution in [2.75, 3.05) is 36.4 Å². The molecule has 9 heteroatoms. The highest BCUT2D eigenvalue weighted by Crippen LogP contribution is 2.23. The van der Waals surface area contributed by atoms with E-state index in [-0.39, 0.29) is 11.4 Å². The number of rotatable bonds is 7. The largest absolute Gasteiger partial charge is 0.480 e. The topological polar surface area (TPSA) is 147 Å². The number of aliphatic carboxylic acids is 1. The minimum Gasteiger partial charge on any atom is -0.480 e. The number of carbonyl (C=O) groups excluding carboxylic acids is 1. The maximum atomic E-state index is 11.4. The van der Waals surface area contributed by atoms with Gasteiger partial charge in [0.1, 0.15) is 11.4 Å². The molecule has 0 saturated carbocycles. The van der Waals surface area contributed by atoms with Crippen LogP contribution in [0.5, 0.6) is 0 Å².